The van der Waals surface area contributed by atoms with Crippen LogP contribution in [-0.2, 0) is 12.8 Å². The van der Waals surface area contributed by atoms with Crippen LogP contribution in [-0.4, -0.2) is 4.98 Å². The van der Waals surface area contributed by atoms with Gasteiger partial charge in [-0.1, -0.05) is 36.4 Å². The Morgan fingerprint density at radius 2 is 1.69 bits per heavy atom. The molecule has 3 nitrogen and oxygen atoms in total. The molecule has 3 heterocycles. The first-order valence-corrected chi connectivity index (χ1v) is 8.86. The second-order valence-electron chi connectivity index (χ2n) is 6.72. The lowest BCUT2D eigenvalue weighted by atomic mass is 9.85. The summed E-state index contributed by atoms with van der Waals surface area (Å²) >= 11 is 0. The van der Waals surface area contributed by atoms with E-state index in [0.29, 0.717) is 0 Å². The summed E-state index contributed by atoms with van der Waals surface area (Å²) in [6.45, 7) is 0. The Labute approximate surface area is 149 Å². The Hall–Kier alpha value is -3.33. The molecule has 3 aromatic heterocycles. The van der Waals surface area contributed by atoms with Crippen molar-refractivity contribution in [3.05, 3.63) is 78.2 Å². The molecule has 6 rings (SSSR count). The molecule has 2 aromatic carbocycles. The van der Waals surface area contributed by atoms with Gasteiger partial charge < -0.3 is 8.83 Å². The number of benzene rings is 2. The number of nitrogens with zero attached hydrogens (tertiary/aromatic N) is 1. The monoisotopic (exact) mass is 337 g/mol. The van der Waals surface area contributed by atoms with E-state index in [1.807, 2.05) is 30.3 Å². The first-order valence-electron chi connectivity index (χ1n) is 8.86. The number of rotatable bonds is 1. The predicted octanol–water partition coefficient (Wildman–Crippen LogP) is 6.01. The number of hydrogen-bond acceptors (Lipinski definition) is 3. The number of hydrogen-bond donors (Lipinski definition) is 0. The SMILES string of the molecule is c1coc(-c2c3c(nc4c2oc2ccccc24)CCc2ccccc2-3)c1. The zero-order valence-electron chi connectivity index (χ0n) is 14.0. The maximum atomic E-state index is 6.27. The average Bonchev–Trinajstić information content (AvgIpc) is 3.34. The van der Waals surface area contributed by atoms with E-state index < -0.39 is 0 Å². The second kappa shape index (κ2) is 5.09. The van der Waals surface area contributed by atoms with Crippen molar-refractivity contribution in [3.63, 3.8) is 0 Å². The molecule has 0 fully saturated rings. The van der Waals surface area contributed by atoms with Crippen molar-refractivity contribution in [3.8, 4) is 22.5 Å². The van der Waals surface area contributed by atoms with Crippen LogP contribution in [0.1, 0.15) is 11.3 Å². The van der Waals surface area contributed by atoms with Crippen LogP contribution in [0.5, 0.6) is 0 Å². The highest BCUT2D eigenvalue weighted by Gasteiger charge is 2.27. The molecule has 26 heavy (non-hydrogen) atoms. The van der Waals surface area contributed by atoms with Gasteiger partial charge in [0.2, 0.25) is 0 Å². The summed E-state index contributed by atoms with van der Waals surface area (Å²) in [5.41, 5.74) is 8.45. The largest absolute Gasteiger partial charge is 0.464 e. The van der Waals surface area contributed by atoms with Gasteiger partial charge in [0.25, 0.3) is 0 Å². The normalized spacial score (nSPS) is 13.1. The quantitative estimate of drug-likeness (QED) is 0.376. The molecule has 0 aliphatic heterocycles. The molecule has 1 aliphatic carbocycles. The summed E-state index contributed by atoms with van der Waals surface area (Å²) < 4.78 is 12.1. The Morgan fingerprint density at radius 3 is 2.62 bits per heavy atom. The van der Waals surface area contributed by atoms with E-state index in [1.54, 1.807) is 6.26 Å². The highest BCUT2D eigenvalue weighted by atomic mass is 16.3. The van der Waals surface area contributed by atoms with Gasteiger partial charge in [0, 0.05) is 10.9 Å². The van der Waals surface area contributed by atoms with Crippen LogP contribution >= 0.6 is 0 Å². The Balaban J connectivity index is 1.84. The molecule has 3 heteroatoms. The predicted molar refractivity (Wildman–Crippen MR) is 102 cm³/mol. The van der Waals surface area contributed by atoms with Gasteiger partial charge in [-0.3, -0.25) is 0 Å². The molecular weight excluding hydrogens is 322 g/mol. The molecule has 1 aliphatic rings. The molecule has 0 N–H and O–H groups in total. The van der Waals surface area contributed by atoms with Crippen molar-refractivity contribution in [2.45, 2.75) is 12.8 Å². The topological polar surface area (TPSA) is 39.2 Å². The van der Waals surface area contributed by atoms with Crippen LogP contribution in [0.2, 0.25) is 0 Å². The van der Waals surface area contributed by atoms with Gasteiger partial charge >= 0.3 is 0 Å². The van der Waals surface area contributed by atoms with Gasteiger partial charge in [-0.25, -0.2) is 4.98 Å². The van der Waals surface area contributed by atoms with E-state index in [-0.39, 0.29) is 0 Å². The van der Waals surface area contributed by atoms with Gasteiger partial charge in [-0.2, -0.15) is 0 Å². The molecule has 0 spiro atoms. The van der Waals surface area contributed by atoms with Gasteiger partial charge in [-0.15, -0.1) is 0 Å². The lowest BCUT2D eigenvalue weighted by molar-refractivity contribution is 0.580. The Morgan fingerprint density at radius 1 is 0.808 bits per heavy atom. The van der Waals surface area contributed by atoms with E-state index in [0.717, 1.165) is 57.5 Å². The summed E-state index contributed by atoms with van der Waals surface area (Å²) in [5, 5.41) is 1.05. The minimum Gasteiger partial charge on any atom is -0.464 e. The summed E-state index contributed by atoms with van der Waals surface area (Å²) in [6.07, 6.45) is 3.65. The van der Waals surface area contributed by atoms with Crippen LogP contribution in [0, 0.1) is 0 Å². The van der Waals surface area contributed by atoms with E-state index in [1.165, 1.54) is 11.1 Å². The van der Waals surface area contributed by atoms with Crippen molar-refractivity contribution >= 4 is 22.1 Å². The minimum atomic E-state index is 0.802. The van der Waals surface area contributed by atoms with Gasteiger partial charge in [0.1, 0.15) is 16.9 Å². The summed E-state index contributed by atoms with van der Waals surface area (Å²) in [7, 11) is 0. The second-order valence-corrected chi connectivity index (χ2v) is 6.72. The van der Waals surface area contributed by atoms with Crippen molar-refractivity contribution < 1.29 is 8.83 Å². The summed E-state index contributed by atoms with van der Waals surface area (Å²) in [6, 6.07) is 20.6. The van der Waals surface area contributed by atoms with Crippen LogP contribution in [0.3, 0.4) is 0 Å². The fourth-order valence-electron chi connectivity index (χ4n) is 4.12. The van der Waals surface area contributed by atoms with Gasteiger partial charge in [0.05, 0.1) is 17.5 Å². The van der Waals surface area contributed by atoms with Gasteiger partial charge in [0.15, 0.2) is 5.58 Å². The van der Waals surface area contributed by atoms with E-state index in [2.05, 4.69) is 30.3 Å². The maximum absolute atomic E-state index is 6.27. The molecule has 124 valence electrons. The van der Waals surface area contributed by atoms with Crippen molar-refractivity contribution in [1.29, 1.82) is 0 Å². The Kier molecular flexibility index (Phi) is 2.72. The average molecular weight is 337 g/mol. The number of aryl methyl sites for hydroxylation is 2. The molecule has 0 atom stereocenters. The van der Waals surface area contributed by atoms with Crippen LogP contribution in [0.4, 0.5) is 0 Å². The molecule has 0 unspecified atom stereocenters. The highest BCUT2D eigenvalue weighted by molar-refractivity contribution is 6.10. The first-order chi connectivity index (χ1) is 12.9. The van der Waals surface area contributed by atoms with Crippen molar-refractivity contribution in [2.75, 3.05) is 0 Å². The number of fused-ring (bicyclic) bond motifs is 6. The van der Waals surface area contributed by atoms with E-state index in [9.17, 15) is 0 Å². The zero-order valence-corrected chi connectivity index (χ0v) is 14.0. The number of para-hydroxylation sites is 1. The van der Waals surface area contributed by atoms with Crippen LogP contribution in [0.15, 0.2) is 75.8 Å². The lowest BCUT2D eigenvalue weighted by Gasteiger charge is -2.21. The van der Waals surface area contributed by atoms with E-state index in [4.69, 9.17) is 13.8 Å². The molecular formula is C23H15NO2. The zero-order chi connectivity index (χ0) is 17.1. The fourth-order valence-corrected chi connectivity index (χ4v) is 4.12. The first kappa shape index (κ1) is 13.9. The molecule has 5 aromatic rings. The van der Waals surface area contributed by atoms with Crippen LogP contribution < -0.4 is 0 Å². The highest BCUT2D eigenvalue weighted by Crippen LogP contribution is 2.45. The maximum Gasteiger partial charge on any atom is 0.165 e. The number of pyridine rings is 1. The van der Waals surface area contributed by atoms with E-state index >= 15 is 0 Å². The van der Waals surface area contributed by atoms with Crippen molar-refractivity contribution in [2.24, 2.45) is 0 Å². The van der Waals surface area contributed by atoms with Gasteiger partial charge in [-0.05, 0) is 48.2 Å². The molecule has 0 saturated carbocycles. The third-order valence-corrected chi connectivity index (χ3v) is 5.27. The minimum absolute atomic E-state index is 0.802. The standard InChI is InChI=1S/C23H15NO2/c1-2-7-15-14(6-1)11-12-17-20(15)21(19-10-5-13-25-19)23-22(24-17)16-8-3-4-9-18(16)26-23/h1-10,13H,11-12H2. The number of furan rings is 2. The third kappa shape index (κ3) is 1.80. The molecule has 0 amide bonds. The fraction of sp³-hybridized carbons (Fsp3) is 0.0870. The Bertz CT molecular complexity index is 1280. The summed E-state index contributed by atoms with van der Waals surface area (Å²) in [4.78, 5) is 5.04. The lowest BCUT2D eigenvalue weighted by Crippen LogP contribution is -2.07. The van der Waals surface area contributed by atoms with Crippen LogP contribution in [0.25, 0.3) is 44.5 Å². The third-order valence-electron chi connectivity index (χ3n) is 5.27. The van der Waals surface area contributed by atoms with Crippen molar-refractivity contribution in [1.82, 2.24) is 4.98 Å². The smallest absolute Gasteiger partial charge is 0.165 e. The summed E-state index contributed by atoms with van der Waals surface area (Å²) in [5.74, 6) is 0.824. The molecule has 0 saturated heterocycles. The molecule has 0 bridgehead atoms. The number of aromatic nitrogens is 1. The molecule has 0 radical (unpaired) electrons.